The first-order valence-electron chi connectivity index (χ1n) is 6.92. The lowest BCUT2D eigenvalue weighted by Crippen LogP contribution is -2.38. The van der Waals surface area contributed by atoms with E-state index in [2.05, 4.69) is 18.7 Å². The van der Waals surface area contributed by atoms with Crippen LogP contribution in [-0.4, -0.2) is 26.3 Å². The van der Waals surface area contributed by atoms with Gasteiger partial charge in [0.1, 0.15) is 0 Å². The third-order valence-electron chi connectivity index (χ3n) is 3.50. The molecule has 19 heavy (non-hydrogen) atoms. The van der Waals surface area contributed by atoms with Crippen molar-refractivity contribution in [1.29, 1.82) is 0 Å². The van der Waals surface area contributed by atoms with Gasteiger partial charge in [0, 0.05) is 26.2 Å². The normalized spacial score (nSPS) is 11.1. The van der Waals surface area contributed by atoms with Crippen LogP contribution in [-0.2, 0) is 11.3 Å². The monoisotopic (exact) mass is 284 g/mol. The highest BCUT2D eigenvalue weighted by molar-refractivity contribution is 6.33. The van der Waals surface area contributed by atoms with Crippen molar-refractivity contribution in [3.63, 3.8) is 0 Å². The van der Waals surface area contributed by atoms with Gasteiger partial charge in [-0.1, -0.05) is 37.6 Å². The van der Waals surface area contributed by atoms with E-state index in [0.717, 1.165) is 35.7 Å². The van der Waals surface area contributed by atoms with Crippen LogP contribution in [0.2, 0.25) is 5.02 Å². The predicted molar refractivity (Wildman–Crippen MR) is 82.9 cm³/mol. The first-order valence-corrected chi connectivity index (χ1v) is 7.30. The maximum Gasteiger partial charge on any atom is 0.0643 e. The van der Waals surface area contributed by atoms with Gasteiger partial charge in [-0.05, 0) is 24.5 Å². The molecule has 108 valence electrons. The Morgan fingerprint density at radius 2 is 2.00 bits per heavy atom. The topological polar surface area (TPSA) is 38.5 Å². The van der Waals surface area contributed by atoms with E-state index in [4.69, 9.17) is 22.1 Å². The van der Waals surface area contributed by atoms with E-state index < -0.39 is 0 Å². The summed E-state index contributed by atoms with van der Waals surface area (Å²) in [6.45, 7) is 6.42. The molecule has 0 aliphatic carbocycles. The fourth-order valence-corrected chi connectivity index (χ4v) is 2.75. The summed E-state index contributed by atoms with van der Waals surface area (Å²) in [6, 6.07) is 6.39. The maximum absolute atomic E-state index is 6.40. The molecule has 2 N–H and O–H groups in total. The van der Waals surface area contributed by atoms with Crippen LogP contribution in [0.5, 0.6) is 0 Å². The molecule has 0 bridgehead atoms. The molecule has 0 heterocycles. The highest BCUT2D eigenvalue weighted by Crippen LogP contribution is 2.32. The third-order valence-corrected chi connectivity index (χ3v) is 3.80. The second kappa shape index (κ2) is 8.41. The lowest BCUT2D eigenvalue weighted by molar-refractivity contribution is 0.202. The molecule has 0 aliphatic heterocycles. The number of nitrogens with two attached hydrogens (primary N) is 1. The standard InChI is InChI=1S/C15H25ClN2O/c1-4-13(5-2)18(9-10-19-3)15-12(11-17)7-6-8-14(15)16/h6-8,13H,4-5,9-11,17H2,1-3H3. The molecule has 1 aromatic carbocycles. The Kier molecular flexibility index (Phi) is 7.21. The molecule has 1 aromatic rings. The van der Waals surface area contributed by atoms with Crippen molar-refractivity contribution in [1.82, 2.24) is 0 Å². The molecular formula is C15H25ClN2O. The Morgan fingerprint density at radius 3 is 2.53 bits per heavy atom. The summed E-state index contributed by atoms with van der Waals surface area (Å²) in [5, 5.41) is 0.769. The molecule has 1 rings (SSSR count). The molecular weight excluding hydrogens is 260 g/mol. The zero-order valence-electron chi connectivity index (χ0n) is 12.2. The summed E-state index contributed by atoms with van der Waals surface area (Å²) >= 11 is 6.40. The molecule has 0 saturated carbocycles. The van der Waals surface area contributed by atoms with Crippen LogP contribution in [0, 0.1) is 0 Å². The number of benzene rings is 1. The smallest absolute Gasteiger partial charge is 0.0643 e. The molecule has 0 unspecified atom stereocenters. The molecule has 0 saturated heterocycles. The van der Waals surface area contributed by atoms with Crippen LogP contribution in [0.25, 0.3) is 0 Å². The van der Waals surface area contributed by atoms with E-state index in [-0.39, 0.29) is 0 Å². The first-order chi connectivity index (χ1) is 9.19. The second-order valence-electron chi connectivity index (χ2n) is 4.61. The number of methoxy groups -OCH3 is 1. The zero-order valence-corrected chi connectivity index (χ0v) is 12.9. The van der Waals surface area contributed by atoms with Crippen molar-refractivity contribution in [3.05, 3.63) is 28.8 Å². The minimum Gasteiger partial charge on any atom is -0.383 e. The van der Waals surface area contributed by atoms with Crippen molar-refractivity contribution in [2.45, 2.75) is 39.3 Å². The van der Waals surface area contributed by atoms with E-state index in [9.17, 15) is 0 Å². The van der Waals surface area contributed by atoms with E-state index in [0.29, 0.717) is 19.2 Å². The fraction of sp³-hybridized carbons (Fsp3) is 0.600. The van der Waals surface area contributed by atoms with Gasteiger partial charge in [0.2, 0.25) is 0 Å². The van der Waals surface area contributed by atoms with Gasteiger partial charge >= 0.3 is 0 Å². The summed E-state index contributed by atoms with van der Waals surface area (Å²) < 4.78 is 5.23. The van der Waals surface area contributed by atoms with Gasteiger partial charge in [-0.3, -0.25) is 0 Å². The SMILES string of the molecule is CCC(CC)N(CCOC)c1c(Cl)cccc1CN. The molecule has 0 spiro atoms. The number of hydrogen-bond acceptors (Lipinski definition) is 3. The molecule has 0 amide bonds. The summed E-state index contributed by atoms with van der Waals surface area (Å²) in [6.07, 6.45) is 2.16. The highest BCUT2D eigenvalue weighted by Gasteiger charge is 2.20. The van der Waals surface area contributed by atoms with Crippen LogP contribution < -0.4 is 10.6 Å². The number of ether oxygens (including phenoxy) is 1. The van der Waals surface area contributed by atoms with Crippen molar-refractivity contribution < 1.29 is 4.74 Å². The molecule has 4 heteroatoms. The van der Waals surface area contributed by atoms with Gasteiger partial charge in [0.05, 0.1) is 17.3 Å². The van der Waals surface area contributed by atoms with Crippen LogP contribution in [0.1, 0.15) is 32.3 Å². The predicted octanol–water partition coefficient (Wildman–Crippen LogP) is 3.44. The maximum atomic E-state index is 6.40. The molecule has 0 fully saturated rings. The quantitative estimate of drug-likeness (QED) is 0.795. The number of para-hydroxylation sites is 1. The molecule has 0 atom stereocenters. The van der Waals surface area contributed by atoms with Gasteiger partial charge in [0.25, 0.3) is 0 Å². The summed E-state index contributed by atoms with van der Waals surface area (Å²) in [5.41, 5.74) is 8.01. The molecule has 0 aromatic heterocycles. The van der Waals surface area contributed by atoms with Crippen molar-refractivity contribution in [2.75, 3.05) is 25.2 Å². The van der Waals surface area contributed by atoms with E-state index in [1.807, 2.05) is 18.2 Å². The summed E-state index contributed by atoms with van der Waals surface area (Å²) in [5.74, 6) is 0. The summed E-state index contributed by atoms with van der Waals surface area (Å²) in [7, 11) is 1.72. The van der Waals surface area contributed by atoms with Crippen molar-refractivity contribution in [3.8, 4) is 0 Å². The zero-order chi connectivity index (χ0) is 14.3. The molecule has 3 nitrogen and oxygen atoms in total. The number of anilines is 1. The van der Waals surface area contributed by atoms with Crippen LogP contribution in [0.4, 0.5) is 5.69 Å². The molecule has 0 aliphatic rings. The Labute approximate surface area is 121 Å². The Balaban J connectivity index is 3.15. The minimum atomic E-state index is 0.459. The van der Waals surface area contributed by atoms with Crippen LogP contribution in [0.15, 0.2) is 18.2 Å². The molecule has 0 radical (unpaired) electrons. The van der Waals surface area contributed by atoms with Gasteiger partial charge in [-0.25, -0.2) is 0 Å². The Hall–Kier alpha value is -0.770. The highest BCUT2D eigenvalue weighted by atomic mass is 35.5. The number of hydrogen-bond donors (Lipinski definition) is 1. The average Bonchev–Trinajstić information content (AvgIpc) is 2.43. The number of halogens is 1. The van der Waals surface area contributed by atoms with E-state index >= 15 is 0 Å². The van der Waals surface area contributed by atoms with Crippen molar-refractivity contribution >= 4 is 17.3 Å². The fourth-order valence-electron chi connectivity index (χ4n) is 2.44. The average molecular weight is 285 g/mol. The largest absolute Gasteiger partial charge is 0.383 e. The van der Waals surface area contributed by atoms with Crippen LogP contribution in [0.3, 0.4) is 0 Å². The van der Waals surface area contributed by atoms with Crippen molar-refractivity contribution in [2.24, 2.45) is 5.73 Å². The van der Waals surface area contributed by atoms with Gasteiger partial charge in [0.15, 0.2) is 0 Å². The second-order valence-corrected chi connectivity index (χ2v) is 5.02. The van der Waals surface area contributed by atoms with Gasteiger partial charge < -0.3 is 15.4 Å². The third kappa shape index (κ3) is 4.10. The van der Waals surface area contributed by atoms with Gasteiger partial charge in [-0.15, -0.1) is 0 Å². The van der Waals surface area contributed by atoms with Gasteiger partial charge in [-0.2, -0.15) is 0 Å². The van der Waals surface area contributed by atoms with E-state index in [1.54, 1.807) is 7.11 Å². The number of nitrogens with zero attached hydrogens (tertiary/aromatic N) is 1. The Bertz CT molecular complexity index is 380. The lowest BCUT2D eigenvalue weighted by atomic mass is 10.1. The summed E-state index contributed by atoms with van der Waals surface area (Å²) in [4.78, 5) is 2.34. The van der Waals surface area contributed by atoms with Crippen LogP contribution >= 0.6 is 11.6 Å². The minimum absolute atomic E-state index is 0.459. The first kappa shape index (κ1) is 16.3. The Morgan fingerprint density at radius 1 is 1.32 bits per heavy atom. The lowest BCUT2D eigenvalue weighted by Gasteiger charge is -2.34. The van der Waals surface area contributed by atoms with E-state index in [1.165, 1.54) is 0 Å². The number of rotatable bonds is 8.